The van der Waals surface area contributed by atoms with Crippen molar-refractivity contribution in [1.82, 2.24) is 5.32 Å². The third-order valence-electron chi connectivity index (χ3n) is 3.68. The molecule has 90 valence electrons. The fourth-order valence-corrected chi connectivity index (χ4v) is 2.87. The molecule has 0 aromatic carbocycles. The minimum absolute atomic E-state index is 0.872. The predicted molar refractivity (Wildman–Crippen MR) is 65.3 cm³/mol. The largest absolute Gasteiger partial charge is 0.311 e. The maximum atomic E-state index is 4.00. The van der Waals surface area contributed by atoms with Crippen molar-refractivity contribution in [3.63, 3.8) is 0 Å². The molecule has 2 saturated carbocycles. The lowest BCUT2D eigenvalue weighted by atomic mass is 9.91. The van der Waals surface area contributed by atoms with Crippen LogP contribution in [0.2, 0.25) is 0 Å². The Balaban J connectivity index is 0.000000531. The Morgan fingerprint density at radius 2 is 0.933 bits per heavy atom. The van der Waals surface area contributed by atoms with Gasteiger partial charge in [0.05, 0.1) is 0 Å². The number of nitrogens with one attached hydrogen (secondary N) is 1. The molecular weight excluding hydrogens is 186 g/mol. The molecule has 2 fully saturated rings. The Labute approximate surface area is 93.9 Å². The maximum absolute atomic E-state index is 4.00. The number of hydrogen-bond acceptors (Lipinski definition) is 3. The lowest BCUT2D eigenvalue weighted by Crippen LogP contribution is -2.40. The molecule has 2 aliphatic rings. The van der Waals surface area contributed by atoms with E-state index in [-0.39, 0.29) is 0 Å². The van der Waals surface area contributed by atoms with Gasteiger partial charge in [0.15, 0.2) is 0 Å². The van der Waals surface area contributed by atoms with Crippen LogP contribution >= 0.6 is 0 Å². The van der Waals surface area contributed by atoms with Gasteiger partial charge in [0, 0.05) is 12.1 Å². The van der Waals surface area contributed by atoms with E-state index in [9.17, 15) is 0 Å². The van der Waals surface area contributed by atoms with Crippen molar-refractivity contribution in [1.29, 1.82) is 0 Å². The number of rotatable bonds is 2. The second kappa shape index (κ2) is 8.08. The van der Waals surface area contributed by atoms with Gasteiger partial charge in [0.2, 0.25) is 0 Å². The Hall–Kier alpha value is -0.120. The van der Waals surface area contributed by atoms with Crippen LogP contribution in [0.1, 0.15) is 64.2 Å². The first kappa shape index (κ1) is 12.9. The van der Waals surface area contributed by atoms with Crippen molar-refractivity contribution in [3.05, 3.63) is 0 Å². The molecule has 15 heavy (non-hydrogen) atoms. The molecule has 0 heterocycles. The minimum Gasteiger partial charge on any atom is -0.311 e. The van der Waals surface area contributed by atoms with Gasteiger partial charge in [-0.2, -0.15) is 0 Å². The summed E-state index contributed by atoms with van der Waals surface area (Å²) in [4.78, 5) is 0. The van der Waals surface area contributed by atoms with E-state index in [0.29, 0.717) is 0 Å². The van der Waals surface area contributed by atoms with Crippen molar-refractivity contribution in [3.8, 4) is 0 Å². The summed E-state index contributed by atoms with van der Waals surface area (Å²) in [5.41, 5.74) is 0. The molecule has 0 aromatic rings. The molecular formula is C12H27N3. The lowest BCUT2D eigenvalue weighted by molar-refractivity contribution is 0.291. The molecule has 0 spiro atoms. The van der Waals surface area contributed by atoms with Gasteiger partial charge < -0.3 is 5.32 Å². The normalized spacial score (nSPS) is 24.4. The zero-order chi connectivity index (χ0) is 10.9. The van der Waals surface area contributed by atoms with Gasteiger partial charge in [-0.05, 0) is 25.7 Å². The summed E-state index contributed by atoms with van der Waals surface area (Å²) in [5.74, 6) is 8.00. The van der Waals surface area contributed by atoms with Gasteiger partial charge in [0.25, 0.3) is 0 Å². The Bertz CT molecular complexity index is 122. The van der Waals surface area contributed by atoms with Gasteiger partial charge >= 0.3 is 0 Å². The SMILES string of the molecule is C1CCC(NC2CCCCC2)CC1.NN. The van der Waals surface area contributed by atoms with Crippen LogP contribution in [0.4, 0.5) is 0 Å². The maximum Gasteiger partial charge on any atom is 0.00696 e. The summed E-state index contributed by atoms with van der Waals surface area (Å²) in [6.07, 6.45) is 14.6. The molecule has 2 aliphatic carbocycles. The van der Waals surface area contributed by atoms with Crippen molar-refractivity contribution >= 4 is 0 Å². The molecule has 0 radical (unpaired) electrons. The van der Waals surface area contributed by atoms with Gasteiger partial charge in [-0.25, -0.2) is 0 Å². The molecule has 0 aliphatic heterocycles. The van der Waals surface area contributed by atoms with Crippen LogP contribution in [0.3, 0.4) is 0 Å². The summed E-state index contributed by atoms with van der Waals surface area (Å²) in [7, 11) is 0. The highest BCUT2D eigenvalue weighted by atomic mass is 15.0. The summed E-state index contributed by atoms with van der Waals surface area (Å²) in [6, 6.07) is 1.74. The van der Waals surface area contributed by atoms with E-state index in [4.69, 9.17) is 0 Å². The molecule has 0 bridgehead atoms. The second-order valence-electron chi connectivity index (χ2n) is 4.84. The molecule has 0 atom stereocenters. The third-order valence-corrected chi connectivity index (χ3v) is 3.68. The monoisotopic (exact) mass is 213 g/mol. The highest BCUT2D eigenvalue weighted by molar-refractivity contribution is 4.79. The van der Waals surface area contributed by atoms with E-state index in [0.717, 1.165) is 12.1 Å². The Morgan fingerprint density at radius 1 is 0.600 bits per heavy atom. The molecule has 3 nitrogen and oxygen atoms in total. The van der Waals surface area contributed by atoms with Crippen LogP contribution in [0.25, 0.3) is 0 Å². The van der Waals surface area contributed by atoms with E-state index in [1.165, 1.54) is 64.2 Å². The van der Waals surface area contributed by atoms with Gasteiger partial charge in [0.1, 0.15) is 0 Å². The molecule has 5 N–H and O–H groups in total. The van der Waals surface area contributed by atoms with Crippen LogP contribution in [-0.2, 0) is 0 Å². The fourth-order valence-electron chi connectivity index (χ4n) is 2.87. The first-order valence-electron chi connectivity index (χ1n) is 6.54. The fraction of sp³-hybridized carbons (Fsp3) is 1.00. The number of nitrogens with two attached hydrogens (primary N) is 2. The summed E-state index contributed by atoms with van der Waals surface area (Å²) in [5, 5.41) is 3.86. The summed E-state index contributed by atoms with van der Waals surface area (Å²) in [6.45, 7) is 0. The van der Waals surface area contributed by atoms with Crippen LogP contribution in [-0.4, -0.2) is 12.1 Å². The van der Waals surface area contributed by atoms with Crippen LogP contribution < -0.4 is 17.0 Å². The first-order chi connectivity index (χ1) is 7.45. The van der Waals surface area contributed by atoms with Gasteiger partial charge in [-0.1, -0.05) is 38.5 Å². The van der Waals surface area contributed by atoms with Gasteiger partial charge in [-0.15, -0.1) is 0 Å². The standard InChI is InChI=1S/C12H23N.H4N2/c1-3-7-11(8-4-1)13-12-9-5-2-6-10-12;1-2/h11-13H,1-10H2;1-2H2. The lowest BCUT2D eigenvalue weighted by Gasteiger charge is -2.30. The van der Waals surface area contributed by atoms with Crippen molar-refractivity contribution in [2.45, 2.75) is 76.3 Å². The van der Waals surface area contributed by atoms with Crippen LogP contribution in [0, 0.1) is 0 Å². The second-order valence-corrected chi connectivity index (χ2v) is 4.84. The van der Waals surface area contributed by atoms with Crippen molar-refractivity contribution < 1.29 is 0 Å². The van der Waals surface area contributed by atoms with E-state index in [1.54, 1.807) is 0 Å². The molecule has 0 amide bonds. The molecule has 0 saturated heterocycles. The molecule has 0 unspecified atom stereocenters. The molecule has 2 rings (SSSR count). The number of hydrogen-bond donors (Lipinski definition) is 3. The zero-order valence-corrected chi connectivity index (χ0v) is 9.88. The van der Waals surface area contributed by atoms with Crippen LogP contribution in [0.15, 0.2) is 0 Å². The highest BCUT2D eigenvalue weighted by Crippen LogP contribution is 2.22. The number of hydrazine groups is 1. The third kappa shape index (κ3) is 4.96. The topological polar surface area (TPSA) is 64.1 Å². The summed E-state index contributed by atoms with van der Waals surface area (Å²) < 4.78 is 0. The molecule has 0 aromatic heterocycles. The Kier molecular flexibility index (Phi) is 6.98. The summed E-state index contributed by atoms with van der Waals surface area (Å²) >= 11 is 0. The van der Waals surface area contributed by atoms with Crippen LogP contribution in [0.5, 0.6) is 0 Å². The Morgan fingerprint density at radius 3 is 1.27 bits per heavy atom. The van der Waals surface area contributed by atoms with Crippen molar-refractivity contribution in [2.75, 3.05) is 0 Å². The zero-order valence-electron chi connectivity index (χ0n) is 9.88. The molecule has 3 heteroatoms. The van der Waals surface area contributed by atoms with Gasteiger partial charge in [-0.3, -0.25) is 11.7 Å². The quantitative estimate of drug-likeness (QED) is 0.486. The average molecular weight is 213 g/mol. The average Bonchev–Trinajstić information content (AvgIpc) is 2.34. The van der Waals surface area contributed by atoms with E-state index in [1.807, 2.05) is 0 Å². The van der Waals surface area contributed by atoms with E-state index >= 15 is 0 Å². The smallest absolute Gasteiger partial charge is 0.00696 e. The first-order valence-corrected chi connectivity index (χ1v) is 6.54. The highest BCUT2D eigenvalue weighted by Gasteiger charge is 2.19. The minimum atomic E-state index is 0.872. The van der Waals surface area contributed by atoms with Crippen molar-refractivity contribution in [2.24, 2.45) is 11.7 Å². The van der Waals surface area contributed by atoms with E-state index in [2.05, 4.69) is 17.0 Å². The predicted octanol–water partition coefficient (Wildman–Crippen LogP) is 2.06. The van der Waals surface area contributed by atoms with E-state index < -0.39 is 0 Å².